The summed E-state index contributed by atoms with van der Waals surface area (Å²) in [6.45, 7) is -0.0424. The lowest BCUT2D eigenvalue weighted by atomic mass is 10.1. The normalized spacial score (nSPS) is 10.1. The Hall–Kier alpha value is -2.56. The van der Waals surface area contributed by atoms with Crippen molar-refractivity contribution in [2.75, 3.05) is 7.11 Å². The molecule has 0 saturated carbocycles. The summed E-state index contributed by atoms with van der Waals surface area (Å²) in [7, 11) is 1.56. The first kappa shape index (κ1) is 13.9. The molecule has 0 fully saturated rings. The molecule has 5 heteroatoms. The van der Waals surface area contributed by atoms with E-state index in [1.54, 1.807) is 31.4 Å². The van der Waals surface area contributed by atoms with E-state index in [1.165, 1.54) is 12.1 Å². The van der Waals surface area contributed by atoms with Crippen LogP contribution in [0.25, 0.3) is 0 Å². The first-order valence-electron chi connectivity index (χ1n) is 5.88. The third-order valence-electron chi connectivity index (χ3n) is 2.75. The minimum absolute atomic E-state index is 0.0275. The van der Waals surface area contributed by atoms with Gasteiger partial charge < -0.3 is 14.6 Å². The van der Waals surface area contributed by atoms with E-state index in [1.807, 2.05) is 0 Å². The van der Waals surface area contributed by atoms with Gasteiger partial charge in [-0.2, -0.15) is 0 Å². The predicted molar refractivity (Wildman–Crippen MR) is 70.7 cm³/mol. The molecule has 2 rings (SSSR count). The molecule has 0 bridgehead atoms. The van der Waals surface area contributed by atoms with Crippen LogP contribution in [0.1, 0.15) is 15.9 Å². The van der Waals surface area contributed by atoms with Crippen molar-refractivity contribution in [2.45, 2.75) is 6.61 Å². The molecule has 0 aliphatic carbocycles. The zero-order chi connectivity index (χ0) is 14.5. The smallest absolute Gasteiger partial charge is 0.335 e. The second-order valence-corrected chi connectivity index (χ2v) is 4.08. The van der Waals surface area contributed by atoms with Crippen LogP contribution in [0, 0.1) is 5.82 Å². The molecule has 0 spiro atoms. The third kappa shape index (κ3) is 3.26. The Morgan fingerprint density at radius 2 is 1.80 bits per heavy atom. The molecular weight excluding hydrogens is 263 g/mol. The number of methoxy groups -OCH3 is 1. The monoisotopic (exact) mass is 276 g/mol. The van der Waals surface area contributed by atoms with Crippen molar-refractivity contribution in [3.05, 3.63) is 59.4 Å². The molecule has 0 aliphatic rings. The molecule has 0 aromatic heterocycles. The fraction of sp³-hybridized carbons (Fsp3) is 0.133. The lowest BCUT2D eigenvalue weighted by Gasteiger charge is -2.08. The van der Waals surface area contributed by atoms with Crippen molar-refractivity contribution in [1.82, 2.24) is 0 Å². The van der Waals surface area contributed by atoms with Crippen LogP contribution in [-0.2, 0) is 6.61 Å². The van der Waals surface area contributed by atoms with Crippen LogP contribution in [0.15, 0.2) is 42.5 Å². The maximum atomic E-state index is 13.6. The van der Waals surface area contributed by atoms with Crippen molar-refractivity contribution < 1.29 is 23.8 Å². The SMILES string of the molecule is COc1ccc(OCc2cc(C(=O)O)ccc2F)cc1. The highest BCUT2D eigenvalue weighted by atomic mass is 19.1. The first-order valence-corrected chi connectivity index (χ1v) is 5.88. The van der Waals surface area contributed by atoms with Crippen molar-refractivity contribution in [2.24, 2.45) is 0 Å². The highest BCUT2D eigenvalue weighted by Gasteiger charge is 2.09. The fourth-order valence-corrected chi connectivity index (χ4v) is 1.65. The Morgan fingerprint density at radius 3 is 2.40 bits per heavy atom. The van der Waals surface area contributed by atoms with Crippen molar-refractivity contribution in [3.8, 4) is 11.5 Å². The van der Waals surface area contributed by atoms with E-state index >= 15 is 0 Å². The number of rotatable bonds is 5. The number of carboxylic acids is 1. The molecule has 0 atom stereocenters. The number of aromatic carboxylic acids is 1. The van der Waals surface area contributed by atoms with Crippen LogP contribution < -0.4 is 9.47 Å². The summed E-state index contributed by atoms with van der Waals surface area (Å²) in [6.07, 6.45) is 0. The average molecular weight is 276 g/mol. The zero-order valence-corrected chi connectivity index (χ0v) is 10.8. The minimum Gasteiger partial charge on any atom is -0.497 e. The van der Waals surface area contributed by atoms with Crippen LogP contribution in [0.4, 0.5) is 4.39 Å². The van der Waals surface area contributed by atoms with E-state index in [2.05, 4.69) is 0 Å². The molecule has 2 aromatic carbocycles. The maximum absolute atomic E-state index is 13.6. The Balaban J connectivity index is 2.09. The lowest BCUT2D eigenvalue weighted by Crippen LogP contribution is -2.03. The van der Waals surface area contributed by atoms with Crippen molar-refractivity contribution in [1.29, 1.82) is 0 Å². The summed E-state index contributed by atoms with van der Waals surface area (Å²) in [5.74, 6) is -0.360. The second kappa shape index (κ2) is 6.06. The molecule has 4 nitrogen and oxygen atoms in total. The highest BCUT2D eigenvalue weighted by molar-refractivity contribution is 5.87. The van der Waals surface area contributed by atoms with Crippen molar-refractivity contribution >= 4 is 5.97 Å². The Bertz CT molecular complexity index is 608. The third-order valence-corrected chi connectivity index (χ3v) is 2.75. The number of halogens is 1. The zero-order valence-electron chi connectivity index (χ0n) is 10.8. The molecule has 0 unspecified atom stereocenters. The van der Waals surface area contributed by atoms with Gasteiger partial charge in [0.2, 0.25) is 0 Å². The van der Waals surface area contributed by atoms with Gasteiger partial charge in [-0.15, -0.1) is 0 Å². The Morgan fingerprint density at radius 1 is 1.15 bits per heavy atom. The topological polar surface area (TPSA) is 55.8 Å². The lowest BCUT2D eigenvalue weighted by molar-refractivity contribution is 0.0696. The van der Waals surface area contributed by atoms with E-state index in [9.17, 15) is 9.18 Å². The van der Waals surface area contributed by atoms with Crippen LogP contribution >= 0.6 is 0 Å². The van der Waals surface area contributed by atoms with Gasteiger partial charge in [0, 0.05) is 5.56 Å². The number of benzene rings is 2. The molecule has 0 radical (unpaired) electrons. The number of hydrogen-bond donors (Lipinski definition) is 1. The van der Waals surface area contributed by atoms with Crippen LogP contribution in [-0.4, -0.2) is 18.2 Å². The first-order chi connectivity index (χ1) is 9.60. The van der Waals surface area contributed by atoms with Crippen LogP contribution in [0.3, 0.4) is 0 Å². The molecule has 20 heavy (non-hydrogen) atoms. The van der Waals surface area contributed by atoms with E-state index in [4.69, 9.17) is 14.6 Å². The summed E-state index contributed by atoms with van der Waals surface area (Å²) >= 11 is 0. The molecule has 104 valence electrons. The molecule has 0 heterocycles. The summed E-state index contributed by atoms with van der Waals surface area (Å²) < 4.78 is 24.0. The average Bonchev–Trinajstić information content (AvgIpc) is 2.46. The highest BCUT2D eigenvalue weighted by Crippen LogP contribution is 2.19. The molecule has 0 amide bonds. The Labute approximate surface area is 115 Å². The van der Waals surface area contributed by atoms with Gasteiger partial charge in [-0.25, -0.2) is 9.18 Å². The number of hydrogen-bond acceptors (Lipinski definition) is 3. The van der Waals surface area contributed by atoms with Gasteiger partial charge in [0.15, 0.2) is 0 Å². The number of carbonyl (C=O) groups is 1. The fourth-order valence-electron chi connectivity index (χ4n) is 1.65. The van der Waals surface area contributed by atoms with Crippen LogP contribution in [0.5, 0.6) is 11.5 Å². The molecule has 2 aromatic rings. The number of carboxylic acid groups (broad SMARTS) is 1. The van der Waals surface area contributed by atoms with E-state index in [0.29, 0.717) is 11.5 Å². The van der Waals surface area contributed by atoms with Crippen molar-refractivity contribution in [3.63, 3.8) is 0 Å². The van der Waals surface area contributed by atoms with E-state index in [-0.39, 0.29) is 17.7 Å². The maximum Gasteiger partial charge on any atom is 0.335 e. The summed E-state index contributed by atoms with van der Waals surface area (Å²) in [5, 5.41) is 8.87. The molecule has 1 N–H and O–H groups in total. The molecular formula is C15H13FO4. The van der Waals surface area contributed by atoms with Gasteiger partial charge in [0.1, 0.15) is 23.9 Å². The van der Waals surface area contributed by atoms with Gasteiger partial charge in [-0.1, -0.05) is 0 Å². The molecule has 0 aliphatic heterocycles. The predicted octanol–water partition coefficient (Wildman–Crippen LogP) is 3.11. The van der Waals surface area contributed by atoms with Gasteiger partial charge in [-0.3, -0.25) is 0 Å². The van der Waals surface area contributed by atoms with Gasteiger partial charge in [0.05, 0.1) is 12.7 Å². The summed E-state index contributed by atoms with van der Waals surface area (Å²) in [4.78, 5) is 10.8. The second-order valence-electron chi connectivity index (χ2n) is 4.08. The minimum atomic E-state index is -1.10. The summed E-state index contributed by atoms with van der Waals surface area (Å²) in [5.41, 5.74) is 0.223. The largest absolute Gasteiger partial charge is 0.497 e. The van der Waals surface area contributed by atoms with Gasteiger partial charge in [0.25, 0.3) is 0 Å². The standard InChI is InChI=1S/C15H13FO4/c1-19-12-3-5-13(6-4-12)20-9-11-8-10(15(17)18)2-7-14(11)16/h2-8H,9H2,1H3,(H,17,18). The van der Waals surface area contributed by atoms with E-state index < -0.39 is 11.8 Å². The van der Waals surface area contributed by atoms with Gasteiger partial charge in [-0.05, 0) is 42.5 Å². The summed E-state index contributed by atoms with van der Waals surface area (Å²) in [6, 6.07) is 10.4. The van der Waals surface area contributed by atoms with Crippen LogP contribution in [0.2, 0.25) is 0 Å². The van der Waals surface area contributed by atoms with E-state index in [0.717, 1.165) is 6.07 Å². The Kier molecular flexibility index (Phi) is 4.20. The van der Waals surface area contributed by atoms with Gasteiger partial charge >= 0.3 is 5.97 Å². The molecule has 0 saturated heterocycles. The number of ether oxygens (including phenoxy) is 2. The quantitative estimate of drug-likeness (QED) is 0.911.